The Balaban J connectivity index is 2.03. The molecule has 2 rings (SSSR count). The number of carbonyl (C=O) groups is 2. The van der Waals surface area contributed by atoms with Crippen LogP contribution >= 0.6 is 15.9 Å². The lowest BCUT2D eigenvalue weighted by molar-refractivity contribution is -0.683. The highest BCUT2D eigenvalue weighted by Gasteiger charge is 2.13. The van der Waals surface area contributed by atoms with E-state index in [-0.39, 0.29) is 18.1 Å². The van der Waals surface area contributed by atoms with E-state index in [0.29, 0.717) is 17.7 Å². The second kappa shape index (κ2) is 7.42. The Morgan fingerprint density at radius 2 is 1.50 bits per heavy atom. The highest BCUT2D eigenvalue weighted by Crippen LogP contribution is 2.11. The average molecular weight is 362 g/mol. The maximum absolute atomic E-state index is 12.2. The third-order valence-electron chi connectivity index (χ3n) is 3.17. The van der Waals surface area contributed by atoms with Gasteiger partial charge in [-0.05, 0) is 26.2 Å². The van der Waals surface area contributed by atoms with Gasteiger partial charge in [-0.3, -0.25) is 9.59 Å². The number of Topliss-reactive ketones (excluding diaryl/α,β-unsaturated/α-hetero) is 2. The van der Waals surface area contributed by atoms with E-state index in [1.165, 1.54) is 0 Å². The molecule has 0 saturated heterocycles. The summed E-state index contributed by atoms with van der Waals surface area (Å²) in [4.78, 5) is 25.9. The smallest absolute Gasteiger partial charge is 0.227 e. The summed E-state index contributed by atoms with van der Waals surface area (Å²) in [6.45, 7) is 0.631. The lowest BCUT2D eigenvalue weighted by atomic mass is 10.1. The molecule has 0 bridgehead atoms. The van der Waals surface area contributed by atoms with Crippen molar-refractivity contribution < 1.29 is 14.2 Å². The third-order valence-corrected chi connectivity index (χ3v) is 3.69. The van der Waals surface area contributed by atoms with Gasteiger partial charge in [-0.1, -0.05) is 28.1 Å². The van der Waals surface area contributed by atoms with E-state index in [4.69, 9.17) is 0 Å². The van der Waals surface area contributed by atoms with E-state index in [1.807, 2.05) is 31.1 Å². The lowest BCUT2D eigenvalue weighted by Crippen LogP contribution is -2.37. The van der Waals surface area contributed by atoms with Gasteiger partial charge < -0.3 is 4.90 Å². The lowest BCUT2D eigenvalue weighted by Gasteiger charge is -2.07. The Kier molecular flexibility index (Phi) is 5.57. The van der Waals surface area contributed by atoms with Crippen LogP contribution in [0.2, 0.25) is 0 Å². The van der Waals surface area contributed by atoms with Crippen LogP contribution in [0.15, 0.2) is 53.3 Å². The SMILES string of the molecule is CN(C)CC(=O)c1cc[n+](CC(=O)c2ccc(Br)cc2)cc1. The minimum Gasteiger partial charge on any atom is -0.302 e. The van der Waals surface area contributed by atoms with Crippen LogP contribution in [0, 0.1) is 0 Å². The maximum atomic E-state index is 12.2. The van der Waals surface area contributed by atoms with E-state index < -0.39 is 0 Å². The molecule has 0 atom stereocenters. The molecule has 4 nitrogen and oxygen atoms in total. The molecule has 1 heterocycles. The van der Waals surface area contributed by atoms with E-state index >= 15 is 0 Å². The molecule has 0 unspecified atom stereocenters. The number of hydrogen-bond donors (Lipinski definition) is 0. The zero-order valence-electron chi connectivity index (χ0n) is 12.6. The van der Waals surface area contributed by atoms with Crippen LogP contribution in [0.5, 0.6) is 0 Å². The van der Waals surface area contributed by atoms with Gasteiger partial charge in [0.15, 0.2) is 18.2 Å². The van der Waals surface area contributed by atoms with Crippen LogP contribution in [0.25, 0.3) is 0 Å². The van der Waals surface area contributed by atoms with E-state index in [1.54, 1.807) is 41.2 Å². The number of hydrogen-bond acceptors (Lipinski definition) is 3. The first kappa shape index (κ1) is 16.5. The molecule has 1 aromatic carbocycles. The number of aromatic nitrogens is 1. The fraction of sp³-hybridized carbons (Fsp3) is 0.235. The molecule has 0 fully saturated rings. The predicted octanol–water partition coefficient (Wildman–Crippen LogP) is 2.36. The molecule has 0 aliphatic rings. The van der Waals surface area contributed by atoms with Crippen LogP contribution in [-0.2, 0) is 6.54 Å². The second-order valence-corrected chi connectivity index (χ2v) is 6.27. The van der Waals surface area contributed by atoms with Crippen molar-refractivity contribution >= 4 is 27.5 Å². The molecule has 0 amide bonds. The molecule has 0 aliphatic heterocycles. The number of pyridine rings is 1. The molecule has 0 spiro atoms. The highest BCUT2D eigenvalue weighted by atomic mass is 79.9. The molecule has 0 saturated carbocycles. The molecule has 22 heavy (non-hydrogen) atoms. The Labute approximate surface area is 138 Å². The van der Waals surface area contributed by atoms with Gasteiger partial charge in [0.1, 0.15) is 0 Å². The first-order valence-corrected chi connectivity index (χ1v) is 7.71. The number of rotatable bonds is 6. The third kappa shape index (κ3) is 4.58. The minimum absolute atomic E-state index is 0.0323. The summed E-state index contributed by atoms with van der Waals surface area (Å²) in [6, 6.07) is 10.8. The van der Waals surface area contributed by atoms with E-state index in [2.05, 4.69) is 15.9 Å². The van der Waals surface area contributed by atoms with Crippen LogP contribution in [0.1, 0.15) is 20.7 Å². The van der Waals surface area contributed by atoms with Crippen molar-refractivity contribution in [3.63, 3.8) is 0 Å². The van der Waals surface area contributed by atoms with Crippen molar-refractivity contribution in [1.82, 2.24) is 4.90 Å². The van der Waals surface area contributed by atoms with Gasteiger partial charge in [-0.15, -0.1) is 0 Å². The normalized spacial score (nSPS) is 10.7. The minimum atomic E-state index is 0.0323. The number of carbonyl (C=O) groups excluding carboxylic acids is 2. The Morgan fingerprint density at radius 3 is 2.05 bits per heavy atom. The molecular formula is C17H18BrN2O2+. The van der Waals surface area contributed by atoms with Gasteiger partial charge in [0.05, 0.1) is 6.54 Å². The summed E-state index contributed by atoms with van der Waals surface area (Å²) < 4.78 is 2.72. The summed E-state index contributed by atoms with van der Waals surface area (Å²) in [5.74, 6) is 0.0984. The zero-order chi connectivity index (χ0) is 16.1. The molecule has 5 heteroatoms. The summed E-state index contributed by atoms with van der Waals surface area (Å²) in [6.07, 6.45) is 3.53. The molecule has 114 valence electrons. The summed E-state index contributed by atoms with van der Waals surface area (Å²) >= 11 is 3.35. The number of benzene rings is 1. The molecular weight excluding hydrogens is 344 g/mol. The topological polar surface area (TPSA) is 41.3 Å². The summed E-state index contributed by atoms with van der Waals surface area (Å²) in [5.41, 5.74) is 1.32. The second-order valence-electron chi connectivity index (χ2n) is 5.35. The van der Waals surface area contributed by atoms with Crippen LogP contribution < -0.4 is 4.57 Å². The standard InChI is InChI=1S/C17H18BrN2O2/c1-19(2)11-16(21)14-7-9-20(10-8-14)12-17(22)13-3-5-15(18)6-4-13/h3-10H,11-12H2,1-2H3/q+1. The summed E-state index contributed by atoms with van der Waals surface area (Å²) in [7, 11) is 3.72. The van der Waals surface area contributed by atoms with Crippen molar-refractivity contribution in [3.05, 3.63) is 64.4 Å². The van der Waals surface area contributed by atoms with Gasteiger partial charge in [0.2, 0.25) is 12.3 Å². The van der Waals surface area contributed by atoms with Gasteiger partial charge in [-0.2, -0.15) is 4.57 Å². The monoisotopic (exact) mass is 361 g/mol. The number of likely N-dealkylation sites (N-methyl/N-ethyl adjacent to an activating group) is 1. The first-order valence-electron chi connectivity index (χ1n) is 6.91. The molecule has 1 aromatic heterocycles. The van der Waals surface area contributed by atoms with E-state index in [9.17, 15) is 9.59 Å². The highest BCUT2D eigenvalue weighted by molar-refractivity contribution is 9.10. The molecule has 0 radical (unpaired) electrons. The Morgan fingerprint density at radius 1 is 0.955 bits per heavy atom. The quantitative estimate of drug-likeness (QED) is 0.585. The number of ketones is 2. The fourth-order valence-corrected chi connectivity index (χ4v) is 2.28. The van der Waals surface area contributed by atoms with Gasteiger partial charge in [-0.25, -0.2) is 0 Å². The van der Waals surface area contributed by atoms with Crippen LogP contribution in [-0.4, -0.2) is 37.1 Å². The van der Waals surface area contributed by atoms with Crippen molar-refractivity contribution in [2.75, 3.05) is 20.6 Å². The first-order chi connectivity index (χ1) is 10.5. The largest absolute Gasteiger partial charge is 0.302 e. The van der Waals surface area contributed by atoms with Crippen molar-refractivity contribution in [2.45, 2.75) is 6.54 Å². The molecule has 0 N–H and O–H groups in total. The van der Waals surface area contributed by atoms with Crippen molar-refractivity contribution in [1.29, 1.82) is 0 Å². The molecule has 2 aromatic rings. The molecule has 0 aliphatic carbocycles. The maximum Gasteiger partial charge on any atom is 0.227 e. The fourth-order valence-electron chi connectivity index (χ4n) is 2.02. The number of nitrogens with zero attached hydrogens (tertiary/aromatic N) is 2. The Bertz CT molecular complexity index is 664. The van der Waals surface area contributed by atoms with Crippen molar-refractivity contribution in [3.8, 4) is 0 Å². The average Bonchev–Trinajstić information content (AvgIpc) is 2.48. The van der Waals surface area contributed by atoms with Gasteiger partial charge >= 0.3 is 0 Å². The summed E-state index contributed by atoms with van der Waals surface area (Å²) in [5, 5.41) is 0. The van der Waals surface area contributed by atoms with Gasteiger partial charge in [0.25, 0.3) is 0 Å². The Hall–Kier alpha value is -1.85. The predicted molar refractivity (Wildman–Crippen MR) is 88.0 cm³/mol. The zero-order valence-corrected chi connectivity index (χ0v) is 14.2. The van der Waals surface area contributed by atoms with E-state index in [0.717, 1.165) is 4.47 Å². The van der Waals surface area contributed by atoms with Crippen LogP contribution in [0.3, 0.4) is 0 Å². The van der Waals surface area contributed by atoms with Gasteiger partial charge in [0, 0.05) is 27.7 Å². The van der Waals surface area contributed by atoms with Crippen LogP contribution in [0.4, 0.5) is 0 Å². The van der Waals surface area contributed by atoms with Crippen molar-refractivity contribution in [2.24, 2.45) is 0 Å². The number of halogens is 1.